The predicted molar refractivity (Wildman–Crippen MR) is 64.3 cm³/mol. The maximum atomic E-state index is 5.71. The number of fused-ring (bicyclic) bond motifs is 1. The molecule has 0 aromatic carbocycles. The van der Waals surface area contributed by atoms with Crippen LogP contribution < -0.4 is 11.1 Å². The molecule has 0 aliphatic carbocycles. The van der Waals surface area contributed by atoms with Gasteiger partial charge in [-0.15, -0.1) is 0 Å². The molecular weight excluding hydrogens is 202 g/mol. The summed E-state index contributed by atoms with van der Waals surface area (Å²) in [7, 11) is 0. The molecule has 5 nitrogen and oxygen atoms in total. The van der Waals surface area contributed by atoms with Crippen molar-refractivity contribution in [2.75, 3.05) is 11.9 Å². The second-order valence-corrected chi connectivity index (χ2v) is 4.18. The van der Waals surface area contributed by atoms with Crippen molar-refractivity contribution in [2.45, 2.75) is 19.9 Å². The fourth-order valence-corrected chi connectivity index (χ4v) is 1.58. The van der Waals surface area contributed by atoms with Gasteiger partial charge in [0.25, 0.3) is 0 Å². The standard InChI is InChI=1S/C11H17N5/c1-8(2)9(7-12)14-10-4-6-16-11(15-10)3-5-13-16/h3-6,8-9H,7,12H2,1-2H3,(H,14,15). The van der Waals surface area contributed by atoms with Crippen molar-refractivity contribution in [3.05, 3.63) is 24.5 Å². The number of nitrogens with two attached hydrogens (primary N) is 1. The lowest BCUT2D eigenvalue weighted by Gasteiger charge is -2.20. The summed E-state index contributed by atoms with van der Waals surface area (Å²) in [5, 5.41) is 7.43. The van der Waals surface area contributed by atoms with E-state index in [2.05, 4.69) is 29.2 Å². The monoisotopic (exact) mass is 219 g/mol. The molecule has 5 heteroatoms. The van der Waals surface area contributed by atoms with E-state index in [1.807, 2.05) is 18.3 Å². The van der Waals surface area contributed by atoms with Crippen molar-refractivity contribution >= 4 is 11.5 Å². The van der Waals surface area contributed by atoms with Gasteiger partial charge in [0.1, 0.15) is 5.82 Å². The molecule has 16 heavy (non-hydrogen) atoms. The summed E-state index contributed by atoms with van der Waals surface area (Å²) < 4.78 is 1.73. The van der Waals surface area contributed by atoms with Gasteiger partial charge in [-0.25, -0.2) is 9.50 Å². The van der Waals surface area contributed by atoms with E-state index in [0.29, 0.717) is 12.5 Å². The van der Waals surface area contributed by atoms with E-state index in [0.717, 1.165) is 11.5 Å². The molecule has 3 N–H and O–H groups in total. The van der Waals surface area contributed by atoms with Crippen molar-refractivity contribution in [1.29, 1.82) is 0 Å². The molecule has 0 aliphatic heterocycles. The Labute approximate surface area is 94.7 Å². The summed E-state index contributed by atoms with van der Waals surface area (Å²) in [6, 6.07) is 4.03. The highest BCUT2D eigenvalue weighted by Gasteiger charge is 2.11. The summed E-state index contributed by atoms with van der Waals surface area (Å²) in [6.45, 7) is 4.88. The lowest BCUT2D eigenvalue weighted by Crippen LogP contribution is -2.34. The zero-order chi connectivity index (χ0) is 11.5. The van der Waals surface area contributed by atoms with E-state index in [4.69, 9.17) is 5.73 Å². The van der Waals surface area contributed by atoms with Gasteiger partial charge in [-0.2, -0.15) is 5.10 Å². The Morgan fingerprint density at radius 2 is 2.25 bits per heavy atom. The number of hydrogen-bond donors (Lipinski definition) is 2. The lowest BCUT2D eigenvalue weighted by atomic mass is 10.1. The molecule has 0 bridgehead atoms. The van der Waals surface area contributed by atoms with Gasteiger partial charge in [0, 0.05) is 24.8 Å². The predicted octanol–water partition coefficient (Wildman–Crippen LogP) is 1.12. The SMILES string of the molecule is CC(C)C(CN)Nc1ccn2nccc2n1. The highest BCUT2D eigenvalue weighted by atomic mass is 15.2. The first-order valence-electron chi connectivity index (χ1n) is 5.47. The Hall–Kier alpha value is -1.62. The van der Waals surface area contributed by atoms with Gasteiger partial charge in [-0.05, 0) is 12.0 Å². The third-order valence-corrected chi connectivity index (χ3v) is 2.65. The molecule has 1 unspecified atom stereocenters. The van der Waals surface area contributed by atoms with Gasteiger partial charge in [0.05, 0.1) is 6.20 Å². The second-order valence-electron chi connectivity index (χ2n) is 4.18. The van der Waals surface area contributed by atoms with E-state index in [9.17, 15) is 0 Å². The van der Waals surface area contributed by atoms with E-state index < -0.39 is 0 Å². The van der Waals surface area contributed by atoms with Crippen LogP contribution in [0.1, 0.15) is 13.8 Å². The van der Waals surface area contributed by atoms with Gasteiger partial charge in [0.15, 0.2) is 5.65 Å². The number of nitrogens with one attached hydrogen (secondary N) is 1. The highest BCUT2D eigenvalue weighted by Crippen LogP contribution is 2.10. The molecule has 0 saturated heterocycles. The molecule has 0 amide bonds. The molecule has 2 aromatic heterocycles. The van der Waals surface area contributed by atoms with Crippen molar-refractivity contribution in [3.63, 3.8) is 0 Å². The van der Waals surface area contributed by atoms with Crippen molar-refractivity contribution in [1.82, 2.24) is 14.6 Å². The smallest absolute Gasteiger partial charge is 0.157 e. The van der Waals surface area contributed by atoms with E-state index in [-0.39, 0.29) is 6.04 Å². The maximum absolute atomic E-state index is 5.71. The Morgan fingerprint density at radius 1 is 1.44 bits per heavy atom. The first kappa shape index (κ1) is 10.9. The van der Waals surface area contributed by atoms with Crippen molar-refractivity contribution in [3.8, 4) is 0 Å². The number of rotatable bonds is 4. The summed E-state index contributed by atoms with van der Waals surface area (Å²) in [6.07, 6.45) is 3.62. The molecule has 86 valence electrons. The number of hydrogen-bond acceptors (Lipinski definition) is 4. The average Bonchev–Trinajstić information content (AvgIpc) is 2.72. The van der Waals surface area contributed by atoms with Crippen LogP contribution in [0.4, 0.5) is 5.82 Å². The number of nitrogens with zero attached hydrogens (tertiary/aromatic N) is 3. The molecule has 0 spiro atoms. The Balaban J connectivity index is 2.19. The lowest BCUT2D eigenvalue weighted by molar-refractivity contribution is 0.530. The van der Waals surface area contributed by atoms with Crippen LogP contribution >= 0.6 is 0 Å². The van der Waals surface area contributed by atoms with E-state index in [1.165, 1.54) is 0 Å². The first-order chi connectivity index (χ1) is 7.70. The van der Waals surface area contributed by atoms with Gasteiger partial charge in [-0.1, -0.05) is 13.8 Å². The summed E-state index contributed by atoms with van der Waals surface area (Å²) in [5.41, 5.74) is 6.54. The van der Waals surface area contributed by atoms with Crippen molar-refractivity contribution < 1.29 is 0 Å². The Morgan fingerprint density at radius 3 is 2.94 bits per heavy atom. The molecule has 0 fully saturated rings. The molecule has 1 atom stereocenters. The van der Waals surface area contributed by atoms with Gasteiger partial charge in [0.2, 0.25) is 0 Å². The summed E-state index contributed by atoms with van der Waals surface area (Å²) >= 11 is 0. The fourth-order valence-electron chi connectivity index (χ4n) is 1.58. The van der Waals surface area contributed by atoms with Crippen LogP contribution in [0.15, 0.2) is 24.5 Å². The minimum Gasteiger partial charge on any atom is -0.366 e. The Kier molecular flexibility index (Phi) is 3.05. The average molecular weight is 219 g/mol. The maximum Gasteiger partial charge on any atom is 0.157 e. The van der Waals surface area contributed by atoms with Gasteiger partial charge < -0.3 is 11.1 Å². The van der Waals surface area contributed by atoms with Crippen molar-refractivity contribution in [2.24, 2.45) is 11.7 Å². The molecule has 2 aromatic rings. The molecule has 2 heterocycles. The molecule has 0 saturated carbocycles. The fraction of sp³-hybridized carbons (Fsp3) is 0.455. The topological polar surface area (TPSA) is 68.2 Å². The summed E-state index contributed by atoms with van der Waals surface area (Å²) in [4.78, 5) is 4.44. The third-order valence-electron chi connectivity index (χ3n) is 2.65. The minimum atomic E-state index is 0.248. The van der Waals surface area contributed by atoms with Crippen LogP contribution in [0.3, 0.4) is 0 Å². The van der Waals surface area contributed by atoms with Crippen LogP contribution in [0.2, 0.25) is 0 Å². The van der Waals surface area contributed by atoms with E-state index >= 15 is 0 Å². The first-order valence-corrected chi connectivity index (χ1v) is 5.47. The summed E-state index contributed by atoms with van der Waals surface area (Å²) in [5.74, 6) is 1.32. The normalized spacial score (nSPS) is 13.2. The van der Waals surface area contributed by atoms with Crippen LogP contribution in [0, 0.1) is 5.92 Å². The molecular formula is C11H17N5. The van der Waals surface area contributed by atoms with Crippen LogP contribution in [0.25, 0.3) is 5.65 Å². The molecule has 0 aliphatic rings. The van der Waals surface area contributed by atoms with Crippen LogP contribution in [-0.2, 0) is 0 Å². The Bertz CT molecular complexity index is 462. The molecule has 2 rings (SSSR count). The van der Waals surface area contributed by atoms with E-state index in [1.54, 1.807) is 10.7 Å². The second kappa shape index (κ2) is 4.49. The zero-order valence-electron chi connectivity index (χ0n) is 9.59. The number of anilines is 1. The van der Waals surface area contributed by atoms with Gasteiger partial charge >= 0.3 is 0 Å². The zero-order valence-corrected chi connectivity index (χ0v) is 9.59. The minimum absolute atomic E-state index is 0.248. The quantitative estimate of drug-likeness (QED) is 0.808. The van der Waals surface area contributed by atoms with Crippen LogP contribution in [0.5, 0.6) is 0 Å². The molecule has 0 radical (unpaired) electrons. The highest BCUT2D eigenvalue weighted by molar-refractivity contribution is 5.45. The van der Waals surface area contributed by atoms with Gasteiger partial charge in [-0.3, -0.25) is 0 Å². The third kappa shape index (κ3) is 2.14. The number of aromatic nitrogens is 3. The largest absolute Gasteiger partial charge is 0.366 e. The van der Waals surface area contributed by atoms with Crippen LogP contribution in [-0.4, -0.2) is 27.2 Å².